The van der Waals surface area contributed by atoms with Crippen molar-refractivity contribution in [3.63, 3.8) is 0 Å². The number of hydrogen-bond acceptors (Lipinski definition) is 3. The molecule has 0 unspecified atom stereocenters. The molecule has 0 amide bonds. The van der Waals surface area contributed by atoms with Crippen LogP contribution in [0.5, 0.6) is 0 Å². The fourth-order valence-corrected chi connectivity index (χ4v) is 9.10. The number of rotatable bonds is 8. The minimum absolute atomic E-state index is 0.102. The molecule has 0 atom stereocenters. The summed E-state index contributed by atoms with van der Waals surface area (Å²) in [5, 5.41) is 2.26. The maximum Gasteiger partial charge on any atom is 0.137 e. The van der Waals surface area contributed by atoms with Gasteiger partial charge in [0.1, 0.15) is 11.2 Å². The Bertz CT molecular complexity index is 2920. The summed E-state index contributed by atoms with van der Waals surface area (Å²) in [6, 6.07) is 70.1. The highest BCUT2D eigenvalue weighted by Gasteiger charge is 2.37. The summed E-state index contributed by atoms with van der Waals surface area (Å²) in [6.07, 6.45) is 2.37. The van der Waals surface area contributed by atoms with Gasteiger partial charge in [0.2, 0.25) is 0 Å². The summed E-state index contributed by atoms with van der Waals surface area (Å²) in [7, 11) is 0. The molecule has 9 aromatic rings. The van der Waals surface area contributed by atoms with Crippen molar-refractivity contribution in [2.24, 2.45) is 0 Å². The van der Waals surface area contributed by atoms with Crippen LogP contribution in [-0.4, -0.2) is 0 Å². The van der Waals surface area contributed by atoms with E-state index in [0.29, 0.717) is 0 Å². The molecule has 59 heavy (non-hydrogen) atoms. The summed E-state index contributed by atoms with van der Waals surface area (Å²) < 4.78 is 6.31. The third kappa shape index (κ3) is 6.77. The van der Waals surface area contributed by atoms with Gasteiger partial charge in [-0.2, -0.15) is 0 Å². The second-order valence-electron chi connectivity index (χ2n) is 17.3. The van der Waals surface area contributed by atoms with Crippen molar-refractivity contribution < 1.29 is 4.42 Å². The first kappa shape index (κ1) is 36.5. The van der Waals surface area contributed by atoms with Gasteiger partial charge in [0.15, 0.2) is 0 Å². The van der Waals surface area contributed by atoms with Gasteiger partial charge in [-0.05, 0) is 136 Å². The molecule has 1 aliphatic rings. The summed E-state index contributed by atoms with van der Waals surface area (Å²) in [5.41, 5.74) is 16.4. The number of furan rings is 1. The number of anilines is 6. The fourth-order valence-electron chi connectivity index (χ4n) is 9.10. The lowest BCUT2D eigenvalue weighted by Crippen LogP contribution is -2.34. The molecule has 8 aromatic carbocycles. The van der Waals surface area contributed by atoms with E-state index in [1.165, 1.54) is 46.3 Å². The van der Waals surface area contributed by atoms with Gasteiger partial charge in [-0.15, -0.1) is 0 Å². The van der Waals surface area contributed by atoms with Gasteiger partial charge in [0.25, 0.3) is 0 Å². The van der Waals surface area contributed by atoms with Gasteiger partial charge < -0.3 is 14.2 Å². The van der Waals surface area contributed by atoms with E-state index in [4.69, 9.17) is 4.42 Å². The van der Waals surface area contributed by atoms with E-state index in [-0.39, 0.29) is 10.8 Å². The van der Waals surface area contributed by atoms with Crippen molar-refractivity contribution in [2.75, 3.05) is 9.80 Å². The number of benzene rings is 8. The van der Waals surface area contributed by atoms with Crippen molar-refractivity contribution in [2.45, 2.75) is 51.4 Å². The third-order valence-electron chi connectivity index (χ3n) is 12.5. The summed E-state index contributed by atoms with van der Waals surface area (Å²) in [5.74, 6) is 0. The highest BCUT2D eigenvalue weighted by Crippen LogP contribution is 2.48. The zero-order chi connectivity index (χ0) is 40.1. The van der Waals surface area contributed by atoms with E-state index in [1.54, 1.807) is 0 Å². The van der Waals surface area contributed by atoms with Crippen LogP contribution in [0.4, 0.5) is 34.1 Å². The maximum absolute atomic E-state index is 6.31. The average molecular weight is 765 g/mol. The van der Waals surface area contributed by atoms with Crippen molar-refractivity contribution in [1.82, 2.24) is 0 Å². The Morgan fingerprint density at radius 3 is 1.49 bits per heavy atom. The van der Waals surface area contributed by atoms with E-state index < -0.39 is 0 Å². The van der Waals surface area contributed by atoms with Crippen molar-refractivity contribution in [3.8, 4) is 22.3 Å². The van der Waals surface area contributed by atoms with Crippen LogP contribution in [0.25, 0.3) is 44.2 Å². The third-order valence-corrected chi connectivity index (χ3v) is 12.5. The van der Waals surface area contributed by atoms with Gasteiger partial charge in [-0.1, -0.05) is 137 Å². The van der Waals surface area contributed by atoms with Crippen LogP contribution in [0.1, 0.15) is 51.7 Å². The molecule has 0 bridgehead atoms. The fraction of sp³-hybridized carbons (Fsp3) is 0.143. The average Bonchev–Trinajstić information content (AvgIpc) is 3.65. The van der Waals surface area contributed by atoms with E-state index in [0.717, 1.165) is 55.9 Å². The van der Waals surface area contributed by atoms with E-state index in [9.17, 15) is 0 Å². The molecule has 3 nitrogen and oxygen atoms in total. The Labute approximate surface area is 347 Å². The number of fused-ring (bicyclic) bond motifs is 4. The SMILES string of the molecule is CC1(C)CCC(C)(C)c2cc(N(c3ccc(-c4ccc(N(c5ccccc5)c5ccc6c(c5)oc5ccccc56)cc4)cc3)c3cccc(-c4ccccc4)c3)ccc21. The topological polar surface area (TPSA) is 19.6 Å². The highest BCUT2D eigenvalue weighted by molar-refractivity contribution is 6.06. The Morgan fingerprint density at radius 2 is 0.797 bits per heavy atom. The summed E-state index contributed by atoms with van der Waals surface area (Å²) in [6.45, 7) is 9.61. The van der Waals surface area contributed by atoms with Gasteiger partial charge in [-0.3, -0.25) is 0 Å². The molecule has 3 heteroatoms. The largest absolute Gasteiger partial charge is 0.456 e. The second kappa shape index (κ2) is 14.5. The number of hydrogen-bond donors (Lipinski definition) is 0. The number of nitrogens with zero attached hydrogens (tertiary/aromatic N) is 2. The minimum atomic E-state index is 0.102. The van der Waals surface area contributed by atoms with Crippen LogP contribution in [0.2, 0.25) is 0 Å². The maximum atomic E-state index is 6.31. The van der Waals surface area contributed by atoms with E-state index >= 15 is 0 Å². The first-order chi connectivity index (χ1) is 28.7. The van der Waals surface area contributed by atoms with Crippen molar-refractivity contribution >= 4 is 56.1 Å². The zero-order valence-corrected chi connectivity index (χ0v) is 34.2. The highest BCUT2D eigenvalue weighted by atomic mass is 16.3. The van der Waals surface area contributed by atoms with Gasteiger partial charge >= 0.3 is 0 Å². The van der Waals surface area contributed by atoms with Crippen LogP contribution in [0.15, 0.2) is 199 Å². The van der Waals surface area contributed by atoms with Crippen LogP contribution in [0.3, 0.4) is 0 Å². The first-order valence-electron chi connectivity index (χ1n) is 20.8. The van der Waals surface area contributed by atoms with Crippen LogP contribution in [0, 0.1) is 0 Å². The van der Waals surface area contributed by atoms with Crippen molar-refractivity contribution in [3.05, 3.63) is 205 Å². The van der Waals surface area contributed by atoms with Crippen LogP contribution >= 0.6 is 0 Å². The van der Waals surface area contributed by atoms with E-state index in [1.807, 2.05) is 12.1 Å². The Hall–Kier alpha value is -6.84. The predicted octanol–water partition coefficient (Wildman–Crippen LogP) is 16.2. The molecule has 0 spiro atoms. The molecule has 0 N–H and O–H groups in total. The smallest absolute Gasteiger partial charge is 0.137 e. The predicted molar refractivity (Wildman–Crippen MR) is 249 cm³/mol. The molecular weight excluding hydrogens is 717 g/mol. The molecular formula is C56H48N2O. The number of para-hydroxylation sites is 2. The summed E-state index contributed by atoms with van der Waals surface area (Å²) >= 11 is 0. The van der Waals surface area contributed by atoms with Gasteiger partial charge in [-0.25, -0.2) is 0 Å². The Balaban J connectivity index is 1.01. The molecule has 0 fully saturated rings. The van der Waals surface area contributed by atoms with Crippen LogP contribution in [-0.2, 0) is 10.8 Å². The molecule has 10 rings (SSSR count). The van der Waals surface area contributed by atoms with E-state index in [2.05, 4.69) is 219 Å². The van der Waals surface area contributed by atoms with Gasteiger partial charge in [0, 0.05) is 51.0 Å². The Morgan fingerprint density at radius 1 is 0.339 bits per heavy atom. The molecule has 1 aromatic heterocycles. The van der Waals surface area contributed by atoms with Crippen molar-refractivity contribution in [1.29, 1.82) is 0 Å². The summed E-state index contributed by atoms with van der Waals surface area (Å²) in [4.78, 5) is 4.72. The quantitative estimate of drug-likeness (QED) is 0.154. The molecule has 0 saturated heterocycles. The normalized spacial score (nSPS) is 14.2. The monoisotopic (exact) mass is 764 g/mol. The molecule has 0 saturated carbocycles. The lowest BCUT2D eigenvalue weighted by atomic mass is 9.63. The minimum Gasteiger partial charge on any atom is -0.456 e. The standard InChI is InChI=1S/C56H48N2O/c1-55(2)34-35-56(3,4)52-37-47(31-33-51(52)55)58(46-19-13-16-42(36-46)39-14-7-5-8-15-39)45-28-24-41(25-29-45)40-22-26-44(27-23-40)57(43-17-9-6-10-18-43)48-30-32-50-49-20-11-12-21-53(49)59-54(50)38-48/h5-33,36-38H,34-35H2,1-4H3. The first-order valence-corrected chi connectivity index (χ1v) is 20.8. The zero-order valence-electron chi connectivity index (χ0n) is 34.2. The van der Waals surface area contributed by atoms with Gasteiger partial charge in [0.05, 0.1) is 0 Å². The molecule has 0 radical (unpaired) electrons. The Kier molecular flexibility index (Phi) is 8.98. The molecule has 1 heterocycles. The molecule has 0 aliphatic heterocycles. The second-order valence-corrected chi connectivity index (χ2v) is 17.3. The molecule has 288 valence electrons. The lowest BCUT2D eigenvalue weighted by Gasteiger charge is -2.42. The lowest BCUT2D eigenvalue weighted by molar-refractivity contribution is 0.332. The molecule has 1 aliphatic carbocycles. The van der Waals surface area contributed by atoms with Crippen LogP contribution < -0.4 is 9.80 Å².